The van der Waals surface area contributed by atoms with Gasteiger partial charge in [-0.25, -0.2) is 0 Å². The lowest BCUT2D eigenvalue weighted by atomic mass is 10.0. The van der Waals surface area contributed by atoms with Crippen LogP contribution in [-0.2, 0) is 28.5 Å². The summed E-state index contributed by atoms with van der Waals surface area (Å²) in [6, 6.07) is 0. The summed E-state index contributed by atoms with van der Waals surface area (Å²) in [5.41, 5.74) is 0. The zero-order valence-corrected chi connectivity index (χ0v) is 9.91. The van der Waals surface area contributed by atoms with Gasteiger partial charge in [0.25, 0.3) is 0 Å². The first-order chi connectivity index (χ1) is 7.95. The van der Waals surface area contributed by atoms with Gasteiger partial charge < -0.3 is 24.1 Å². The largest absolute Gasteiger partial charge is 0.456 e. The van der Waals surface area contributed by atoms with E-state index >= 15 is 0 Å². The quantitative estimate of drug-likeness (QED) is 0.654. The normalized spacial score (nSPS) is 32.9. The molecule has 17 heavy (non-hydrogen) atoms. The van der Waals surface area contributed by atoms with Crippen molar-refractivity contribution in [3.05, 3.63) is 0 Å². The molecule has 4 atom stereocenters. The van der Waals surface area contributed by atoms with E-state index in [0.29, 0.717) is 0 Å². The standard InChI is InChI=1S/C10H16O7/c1-5(11)16-7-4-15-10(14-3)8(13)9(7)17-6(2)12/h7-10,13H,4H2,1-3H3. The monoisotopic (exact) mass is 248 g/mol. The Morgan fingerprint density at radius 1 is 1.24 bits per heavy atom. The Labute approximate surface area is 98.6 Å². The maximum atomic E-state index is 10.9. The molecule has 4 unspecified atom stereocenters. The summed E-state index contributed by atoms with van der Waals surface area (Å²) >= 11 is 0. The first kappa shape index (κ1) is 13.9. The van der Waals surface area contributed by atoms with Crippen molar-refractivity contribution in [2.24, 2.45) is 0 Å². The molecule has 1 aliphatic rings. The Morgan fingerprint density at radius 3 is 2.29 bits per heavy atom. The molecule has 0 radical (unpaired) electrons. The lowest BCUT2D eigenvalue weighted by Gasteiger charge is -2.37. The highest BCUT2D eigenvalue weighted by atomic mass is 16.7. The van der Waals surface area contributed by atoms with Crippen molar-refractivity contribution < 1.29 is 33.6 Å². The molecular weight excluding hydrogens is 232 g/mol. The molecule has 0 bridgehead atoms. The van der Waals surface area contributed by atoms with Crippen LogP contribution in [0.25, 0.3) is 0 Å². The predicted octanol–water partition coefficient (Wildman–Crippen LogP) is -0.787. The second-order valence-electron chi connectivity index (χ2n) is 3.65. The molecule has 1 N–H and O–H groups in total. The predicted molar refractivity (Wildman–Crippen MR) is 53.9 cm³/mol. The van der Waals surface area contributed by atoms with Crippen LogP contribution in [0, 0.1) is 0 Å². The highest BCUT2D eigenvalue weighted by Gasteiger charge is 2.43. The van der Waals surface area contributed by atoms with E-state index in [1.807, 2.05) is 0 Å². The highest BCUT2D eigenvalue weighted by Crippen LogP contribution is 2.21. The van der Waals surface area contributed by atoms with Crippen LogP contribution in [0.1, 0.15) is 13.8 Å². The molecule has 0 saturated carbocycles. The number of aliphatic hydroxyl groups is 1. The molecule has 0 amide bonds. The average molecular weight is 248 g/mol. The van der Waals surface area contributed by atoms with Gasteiger partial charge in [0.1, 0.15) is 6.10 Å². The fourth-order valence-electron chi connectivity index (χ4n) is 1.62. The number of carbonyl (C=O) groups is 2. The molecule has 7 heteroatoms. The van der Waals surface area contributed by atoms with Crippen molar-refractivity contribution in [2.75, 3.05) is 13.7 Å². The minimum Gasteiger partial charge on any atom is -0.456 e. The van der Waals surface area contributed by atoms with E-state index in [1.165, 1.54) is 21.0 Å². The van der Waals surface area contributed by atoms with E-state index in [2.05, 4.69) is 0 Å². The Morgan fingerprint density at radius 2 is 1.82 bits per heavy atom. The van der Waals surface area contributed by atoms with E-state index in [9.17, 15) is 14.7 Å². The smallest absolute Gasteiger partial charge is 0.303 e. The van der Waals surface area contributed by atoms with Crippen LogP contribution < -0.4 is 0 Å². The number of hydrogen-bond acceptors (Lipinski definition) is 7. The van der Waals surface area contributed by atoms with Gasteiger partial charge in [-0.1, -0.05) is 0 Å². The molecule has 0 aliphatic carbocycles. The van der Waals surface area contributed by atoms with Gasteiger partial charge in [0, 0.05) is 21.0 Å². The number of aliphatic hydroxyl groups excluding tert-OH is 1. The lowest BCUT2D eigenvalue weighted by molar-refractivity contribution is -0.269. The molecule has 0 aromatic rings. The molecule has 1 aliphatic heterocycles. The molecule has 1 rings (SSSR count). The summed E-state index contributed by atoms with van der Waals surface area (Å²) in [5, 5.41) is 9.84. The average Bonchev–Trinajstić information content (AvgIpc) is 2.22. The number of carbonyl (C=O) groups excluding carboxylic acids is 2. The van der Waals surface area contributed by atoms with Crippen LogP contribution in [0.2, 0.25) is 0 Å². The van der Waals surface area contributed by atoms with Crippen molar-refractivity contribution >= 4 is 11.9 Å². The Kier molecular flexibility index (Phi) is 4.86. The number of ether oxygens (including phenoxy) is 4. The first-order valence-corrected chi connectivity index (χ1v) is 5.12. The van der Waals surface area contributed by atoms with E-state index < -0.39 is 36.5 Å². The zero-order valence-electron chi connectivity index (χ0n) is 9.91. The van der Waals surface area contributed by atoms with Gasteiger partial charge >= 0.3 is 11.9 Å². The summed E-state index contributed by atoms with van der Waals surface area (Å²) in [6.45, 7) is 2.42. The minimum atomic E-state index is -1.21. The van der Waals surface area contributed by atoms with Crippen molar-refractivity contribution in [1.29, 1.82) is 0 Å². The van der Waals surface area contributed by atoms with Crippen molar-refractivity contribution in [3.63, 3.8) is 0 Å². The van der Waals surface area contributed by atoms with Crippen molar-refractivity contribution in [1.82, 2.24) is 0 Å². The van der Waals surface area contributed by atoms with E-state index in [-0.39, 0.29) is 6.61 Å². The summed E-state index contributed by atoms with van der Waals surface area (Å²) in [6.07, 6.45) is -3.94. The maximum absolute atomic E-state index is 10.9. The van der Waals surface area contributed by atoms with Crippen LogP contribution in [0.5, 0.6) is 0 Å². The molecular formula is C10H16O7. The number of hydrogen-bond donors (Lipinski definition) is 1. The highest BCUT2D eigenvalue weighted by molar-refractivity contribution is 5.67. The van der Waals surface area contributed by atoms with Gasteiger partial charge in [-0.05, 0) is 0 Å². The van der Waals surface area contributed by atoms with Gasteiger partial charge in [-0.2, -0.15) is 0 Å². The van der Waals surface area contributed by atoms with Crippen molar-refractivity contribution in [2.45, 2.75) is 38.4 Å². The summed E-state index contributed by atoms with van der Waals surface area (Å²) in [5.74, 6) is -1.12. The molecule has 1 heterocycles. The van der Waals surface area contributed by atoms with E-state index in [1.54, 1.807) is 0 Å². The molecule has 0 spiro atoms. The van der Waals surface area contributed by atoms with E-state index in [4.69, 9.17) is 18.9 Å². The number of rotatable bonds is 3. The maximum Gasteiger partial charge on any atom is 0.303 e. The first-order valence-electron chi connectivity index (χ1n) is 5.12. The summed E-state index contributed by atoms with van der Waals surface area (Å²) in [7, 11) is 1.35. The van der Waals surface area contributed by atoms with Crippen molar-refractivity contribution in [3.8, 4) is 0 Å². The van der Waals surface area contributed by atoms with Gasteiger partial charge in [0.05, 0.1) is 6.61 Å². The molecule has 1 fully saturated rings. The third kappa shape index (κ3) is 3.65. The number of methoxy groups -OCH3 is 1. The molecule has 0 aromatic carbocycles. The Bertz CT molecular complexity index is 290. The third-order valence-electron chi connectivity index (χ3n) is 2.26. The third-order valence-corrected chi connectivity index (χ3v) is 2.26. The van der Waals surface area contributed by atoms with Gasteiger partial charge in [-0.3, -0.25) is 9.59 Å². The molecule has 1 saturated heterocycles. The van der Waals surface area contributed by atoms with Gasteiger partial charge in [0.2, 0.25) is 0 Å². The van der Waals surface area contributed by atoms with Crippen LogP contribution >= 0.6 is 0 Å². The van der Waals surface area contributed by atoms with Crippen LogP contribution in [-0.4, -0.2) is 55.4 Å². The minimum absolute atomic E-state index is 0.00685. The van der Waals surface area contributed by atoms with Crippen LogP contribution in [0.3, 0.4) is 0 Å². The lowest BCUT2D eigenvalue weighted by Crippen LogP contribution is -2.56. The Hall–Kier alpha value is -1.18. The van der Waals surface area contributed by atoms with E-state index in [0.717, 1.165) is 0 Å². The SMILES string of the molecule is COC1OCC(OC(C)=O)C(OC(C)=O)C1O. The topological polar surface area (TPSA) is 91.3 Å². The fraction of sp³-hybridized carbons (Fsp3) is 0.800. The van der Waals surface area contributed by atoms with Crippen LogP contribution in [0.15, 0.2) is 0 Å². The molecule has 98 valence electrons. The summed E-state index contributed by atoms with van der Waals surface area (Å²) in [4.78, 5) is 21.8. The van der Waals surface area contributed by atoms with Crippen LogP contribution in [0.4, 0.5) is 0 Å². The molecule has 7 nitrogen and oxygen atoms in total. The van der Waals surface area contributed by atoms with Gasteiger partial charge in [0.15, 0.2) is 18.5 Å². The zero-order chi connectivity index (χ0) is 13.0. The Balaban J connectivity index is 2.75. The second kappa shape index (κ2) is 5.95. The number of esters is 2. The summed E-state index contributed by atoms with van der Waals surface area (Å²) < 4.78 is 19.8. The van der Waals surface area contributed by atoms with Gasteiger partial charge in [-0.15, -0.1) is 0 Å². The second-order valence-corrected chi connectivity index (χ2v) is 3.65. The molecule has 0 aromatic heterocycles. The fourth-order valence-corrected chi connectivity index (χ4v) is 1.62.